The van der Waals surface area contributed by atoms with E-state index in [4.69, 9.17) is 0 Å². The zero-order valence-electron chi connectivity index (χ0n) is 23.2. The average molecular weight is 524 g/mol. The number of piperazine rings is 1. The second kappa shape index (κ2) is 11.3. The van der Waals surface area contributed by atoms with Crippen LogP contribution in [0.4, 0.5) is 0 Å². The number of nitrogens with one attached hydrogen (secondary N) is 2. The SMILES string of the molecule is CCCCN1C(=O)C(CC(C)C)NC(=O)C12CCN(C(c1ccc(C(=O)O)cc1)c1c(C)n[nH]c1C)CC2. The van der Waals surface area contributed by atoms with Crippen molar-refractivity contribution >= 4 is 17.8 Å². The van der Waals surface area contributed by atoms with Gasteiger partial charge in [-0.05, 0) is 63.1 Å². The van der Waals surface area contributed by atoms with E-state index in [0.717, 1.165) is 35.4 Å². The molecule has 2 aliphatic heterocycles. The number of H-pyrrole nitrogens is 1. The minimum Gasteiger partial charge on any atom is -0.478 e. The van der Waals surface area contributed by atoms with Crippen LogP contribution in [0.1, 0.15) is 91.8 Å². The molecule has 1 aromatic carbocycles. The summed E-state index contributed by atoms with van der Waals surface area (Å²) in [7, 11) is 0. The zero-order chi connectivity index (χ0) is 27.6. The highest BCUT2D eigenvalue weighted by molar-refractivity contribution is 6.00. The highest BCUT2D eigenvalue weighted by Crippen LogP contribution is 2.40. The molecule has 4 rings (SSSR count). The molecule has 2 unspecified atom stereocenters. The minimum atomic E-state index is -0.959. The summed E-state index contributed by atoms with van der Waals surface area (Å²) < 4.78 is 0. The Bertz CT molecular complexity index is 1140. The molecule has 38 heavy (non-hydrogen) atoms. The first-order valence-corrected chi connectivity index (χ1v) is 13.8. The molecule has 1 spiro atoms. The number of aromatic carboxylic acids is 1. The van der Waals surface area contributed by atoms with Crippen molar-refractivity contribution in [1.29, 1.82) is 0 Å². The number of nitrogens with zero attached hydrogens (tertiary/aromatic N) is 3. The molecule has 9 nitrogen and oxygen atoms in total. The molecule has 206 valence electrons. The Morgan fingerprint density at radius 1 is 1.16 bits per heavy atom. The number of carbonyl (C=O) groups excluding carboxylic acids is 2. The van der Waals surface area contributed by atoms with Gasteiger partial charge in [-0.2, -0.15) is 5.10 Å². The van der Waals surface area contributed by atoms with Gasteiger partial charge in [0, 0.05) is 30.9 Å². The highest BCUT2D eigenvalue weighted by Gasteiger charge is 2.54. The van der Waals surface area contributed by atoms with Gasteiger partial charge in [0.15, 0.2) is 0 Å². The molecule has 2 aromatic rings. The second-order valence-electron chi connectivity index (χ2n) is 11.2. The van der Waals surface area contributed by atoms with E-state index in [-0.39, 0.29) is 23.4 Å². The second-order valence-corrected chi connectivity index (χ2v) is 11.2. The first-order valence-electron chi connectivity index (χ1n) is 13.8. The minimum absolute atomic E-state index is 0.0310. The van der Waals surface area contributed by atoms with E-state index in [1.54, 1.807) is 12.1 Å². The van der Waals surface area contributed by atoms with E-state index in [0.29, 0.717) is 44.8 Å². The Hall–Kier alpha value is -3.20. The number of aromatic amines is 1. The molecule has 1 aromatic heterocycles. The van der Waals surface area contributed by atoms with Gasteiger partial charge in [-0.3, -0.25) is 19.6 Å². The van der Waals surface area contributed by atoms with Crippen LogP contribution in [0, 0.1) is 19.8 Å². The van der Waals surface area contributed by atoms with Crippen LogP contribution in [0.5, 0.6) is 0 Å². The van der Waals surface area contributed by atoms with Crippen LogP contribution in [0.15, 0.2) is 24.3 Å². The lowest BCUT2D eigenvalue weighted by Gasteiger charge is -2.52. The molecule has 0 radical (unpaired) electrons. The molecular weight excluding hydrogens is 482 g/mol. The fourth-order valence-corrected chi connectivity index (χ4v) is 6.13. The molecule has 0 aliphatic carbocycles. The molecular formula is C29H41N5O4. The number of carboxylic acid groups (broad SMARTS) is 1. The quantitative estimate of drug-likeness (QED) is 0.460. The first kappa shape index (κ1) is 27.8. The Kier molecular flexibility index (Phi) is 8.25. The van der Waals surface area contributed by atoms with Crippen LogP contribution in [-0.4, -0.2) is 74.1 Å². The van der Waals surface area contributed by atoms with Crippen LogP contribution >= 0.6 is 0 Å². The topological polar surface area (TPSA) is 119 Å². The summed E-state index contributed by atoms with van der Waals surface area (Å²) in [5, 5.41) is 20.0. The maximum Gasteiger partial charge on any atom is 0.335 e. The Balaban J connectivity index is 1.64. The molecule has 2 atom stereocenters. The molecule has 0 saturated carbocycles. The molecule has 2 fully saturated rings. The van der Waals surface area contributed by atoms with Gasteiger partial charge in [0.25, 0.3) is 0 Å². The third-order valence-corrected chi connectivity index (χ3v) is 8.17. The van der Waals surface area contributed by atoms with E-state index in [2.05, 4.69) is 41.2 Å². The summed E-state index contributed by atoms with van der Waals surface area (Å²) in [6.07, 6.45) is 3.55. The standard InChI is InChI=1S/C29H41N5O4/c1-6-7-14-34-26(35)23(17-18(2)3)30-28(38)29(34)12-15-33(16-13-29)25(24-19(4)31-32-20(24)5)21-8-10-22(11-9-21)27(36)37/h8-11,18,23,25H,6-7,12-17H2,1-5H3,(H,30,38)(H,31,32)(H,36,37). The summed E-state index contributed by atoms with van der Waals surface area (Å²) in [5.74, 6) is -0.637. The van der Waals surface area contributed by atoms with Crippen molar-refractivity contribution in [2.45, 2.75) is 84.3 Å². The molecule has 3 N–H and O–H groups in total. The molecule has 2 aliphatic rings. The fraction of sp³-hybridized carbons (Fsp3) is 0.586. The van der Waals surface area contributed by atoms with Crippen molar-refractivity contribution in [3.8, 4) is 0 Å². The lowest BCUT2D eigenvalue weighted by Crippen LogP contribution is -2.73. The number of piperidine rings is 1. The Labute approximate surface area is 225 Å². The van der Waals surface area contributed by atoms with Gasteiger partial charge in [-0.25, -0.2) is 4.79 Å². The number of amides is 2. The maximum absolute atomic E-state index is 13.7. The van der Waals surface area contributed by atoms with Crippen LogP contribution in [0.25, 0.3) is 0 Å². The number of unbranched alkanes of at least 4 members (excludes halogenated alkanes) is 1. The lowest BCUT2D eigenvalue weighted by atomic mass is 9.79. The van der Waals surface area contributed by atoms with Gasteiger partial charge in [0.1, 0.15) is 11.6 Å². The van der Waals surface area contributed by atoms with Crippen molar-refractivity contribution in [3.05, 3.63) is 52.3 Å². The van der Waals surface area contributed by atoms with Crippen molar-refractivity contribution in [1.82, 2.24) is 25.3 Å². The third-order valence-electron chi connectivity index (χ3n) is 8.17. The summed E-state index contributed by atoms with van der Waals surface area (Å²) >= 11 is 0. The molecule has 2 amide bonds. The van der Waals surface area contributed by atoms with Crippen LogP contribution in [-0.2, 0) is 9.59 Å². The number of benzene rings is 1. The summed E-state index contributed by atoms with van der Waals surface area (Å²) in [4.78, 5) is 43.0. The van der Waals surface area contributed by atoms with E-state index in [9.17, 15) is 19.5 Å². The van der Waals surface area contributed by atoms with E-state index < -0.39 is 17.6 Å². The van der Waals surface area contributed by atoms with Gasteiger partial charge in [-0.1, -0.05) is 39.3 Å². The number of aromatic nitrogens is 2. The van der Waals surface area contributed by atoms with E-state index >= 15 is 0 Å². The number of carboxylic acids is 1. The van der Waals surface area contributed by atoms with Crippen LogP contribution in [0.2, 0.25) is 0 Å². The fourth-order valence-electron chi connectivity index (χ4n) is 6.13. The predicted octanol–water partition coefficient (Wildman–Crippen LogP) is 3.82. The lowest BCUT2D eigenvalue weighted by molar-refractivity contribution is -0.162. The van der Waals surface area contributed by atoms with Crippen LogP contribution in [0.3, 0.4) is 0 Å². The number of carbonyl (C=O) groups is 3. The highest BCUT2D eigenvalue weighted by atomic mass is 16.4. The largest absolute Gasteiger partial charge is 0.478 e. The predicted molar refractivity (Wildman–Crippen MR) is 145 cm³/mol. The molecule has 3 heterocycles. The summed E-state index contributed by atoms with van der Waals surface area (Å²) in [6, 6.07) is 6.40. The van der Waals surface area contributed by atoms with Crippen molar-refractivity contribution in [2.75, 3.05) is 19.6 Å². The monoisotopic (exact) mass is 523 g/mol. The van der Waals surface area contributed by atoms with Gasteiger partial charge in [0.2, 0.25) is 11.8 Å². The maximum atomic E-state index is 13.7. The number of hydrogen-bond acceptors (Lipinski definition) is 5. The van der Waals surface area contributed by atoms with Crippen molar-refractivity contribution < 1.29 is 19.5 Å². The van der Waals surface area contributed by atoms with Crippen molar-refractivity contribution in [2.24, 2.45) is 5.92 Å². The number of likely N-dealkylation sites (tertiary alicyclic amines) is 1. The van der Waals surface area contributed by atoms with Gasteiger partial charge in [-0.15, -0.1) is 0 Å². The van der Waals surface area contributed by atoms with E-state index in [1.807, 2.05) is 30.9 Å². The smallest absolute Gasteiger partial charge is 0.335 e. The normalized spacial score (nSPS) is 20.7. The summed E-state index contributed by atoms with van der Waals surface area (Å²) in [6.45, 7) is 12.0. The average Bonchev–Trinajstić information content (AvgIpc) is 3.21. The van der Waals surface area contributed by atoms with E-state index in [1.165, 1.54) is 0 Å². The Morgan fingerprint density at radius 3 is 2.34 bits per heavy atom. The summed E-state index contributed by atoms with van der Waals surface area (Å²) in [5.41, 5.74) is 3.29. The molecule has 0 bridgehead atoms. The Morgan fingerprint density at radius 2 is 1.82 bits per heavy atom. The van der Waals surface area contributed by atoms with Gasteiger partial charge in [0.05, 0.1) is 17.3 Å². The number of hydrogen-bond donors (Lipinski definition) is 3. The first-order chi connectivity index (χ1) is 18.1. The molecule has 9 heteroatoms. The number of aryl methyl sites for hydroxylation is 2. The van der Waals surface area contributed by atoms with Gasteiger partial charge < -0.3 is 15.3 Å². The third kappa shape index (κ3) is 5.21. The van der Waals surface area contributed by atoms with Crippen molar-refractivity contribution in [3.63, 3.8) is 0 Å². The van der Waals surface area contributed by atoms with Crippen LogP contribution < -0.4 is 5.32 Å². The number of rotatable bonds is 9. The molecule has 2 saturated heterocycles. The van der Waals surface area contributed by atoms with Gasteiger partial charge >= 0.3 is 5.97 Å². The zero-order valence-corrected chi connectivity index (χ0v) is 23.2.